The van der Waals surface area contributed by atoms with Gasteiger partial charge < -0.3 is 14.4 Å². The van der Waals surface area contributed by atoms with Gasteiger partial charge in [0.25, 0.3) is 5.91 Å². The summed E-state index contributed by atoms with van der Waals surface area (Å²) < 4.78 is 24.3. The third kappa shape index (κ3) is 3.95. The Hall–Kier alpha value is -2.96. The van der Waals surface area contributed by atoms with Gasteiger partial charge in [0.05, 0.1) is 36.0 Å². The average molecular weight is 398 g/mol. The average Bonchev–Trinajstić information content (AvgIpc) is 3.06. The lowest BCUT2D eigenvalue weighted by Crippen LogP contribution is -2.48. The van der Waals surface area contributed by atoms with Gasteiger partial charge in [-0.05, 0) is 56.5 Å². The van der Waals surface area contributed by atoms with Gasteiger partial charge in [-0.25, -0.2) is 9.18 Å². The number of nitrogens with zero attached hydrogens (tertiary/aromatic N) is 2. The van der Waals surface area contributed by atoms with E-state index in [4.69, 9.17) is 9.47 Å². The van der Waals surface area contributed by atoms with E-state index in [1.54, 1.807) is 30.0 Å². The minimum Gasteiger partial charge on any atom is -0.488 e. The Morgan fingerprint density at radius 2 is 2.00 bits per heavy atom. The van der Waals surface area contributed by atoms with E-state index in [0.717, 1.165) is 25.7 Å². The second-order valence-electron chi connectivity index (χ2n) is 7.33. The fraction of sp³-hybridized carbons (Fsp3) is 0.409. The molecule has 2 aromatic rings. The van der Waals surface area contributed by atoms with Crippen molar-refractivity contribution in [1.29, 1.82) is 0 Å². The highest BCUT2D eigenvalue weighted by molar-refractivity contribution is 6.00. The molecule has 4 rings (SSSR count). The molecule has 0 radical (unpaired) electrons. The molecule has 0 N–H and O–H groups in total. The normalized spacial score (nSPS) is 21.0. The maximum Gasteiger partial charge on any atom is 0.339 e. The second kappa shape index (κ2) is 8.19. The Bertz CT molecular complexity index is 916. The van der Waals surface area contributed by atoms with Crippen molar-refractivity contribution < 1.29 is 23.5 Å². The molecule has 0 saturated heterocycles. The second-order valence-corrected chi connectivity index (χ2v) is 7.33. The summed E-state index contributed by atoms with van der Waals surface area (Å²) in [5, 5.41) is 0. The van der Waals surface area contributed by atoms with Crippen molar-refractivity contribution in [3.8, 4) is 5.75 Å². The third-order valence-electron chi connectivity index (χ3n) is 5.46. The van der Waals surface area contributed by atoms with Gasteiger partial charge in [-0.1, -0.05) is 6.42 Å². The van der Waals surface area contributed by atoms with Crippen molar-refractivity contribution in [2.24, 2.45) is 0 Å². The molecule has 0 spiro atoms. The summed E-state index contributed by atoms with van der Waals surface area (Å²) in [7, 11) is 0. The first-order chi connectivity index (χ1) is 14.1. The molecule has 2 unspecified atom stereocenters. The van der Waals surface area contributed by atoms with Gasteiger partial charge in [0.15, 0.2) is 0 Å². The zero-order chi connectivity index (χ0) is 20.4. The van der Waals surface area contributed by atoms with E-state index < -0.39 is 5.97 Å². The summed E-state index contributed by atoms with van der Waals surface area (Å²) in [6.45, 7) is 2.39. The van der Waals surface area contributed by atoms with Crippen LogP contribution < -0.4 is 4.74 Å². The van der Waals surface area contributed by atoms with Crippen LogP contribution in [0.4, 0.5) is 4.39 Å². The highest BCUT2D eigenvalue weighted by atomic mass is 19.1. The molecule has 1 aliphatic heterocycles. The lowest BCUT2D eigenvalue weighted by atomic mass is 9.91. The summed E-state index contributed by atoms with van der Waals surface area (Å²) in [6, 6.07) is 7.42. The van der Waals surface area contributed by atoms with Crippen LogP contribution in [0.1, 0.15) is 59.0 Å². The van der Waals surface area contributed by atoms with E-state index in [0.29, 0.717) is 23.6 Å². The van der Waals surface area contributed by atoms with Crippen molar-refractivity contribution in [1.82, 2.24) is 9.88 Å². The minimum absolute atomic E-state index is 0.0958. The number of halogens is 1. The largest absolute Gasteiger partial charge is 0.488 e. The summed E-state index contributed by atoms with van der Waals surface area (Å²) >= 11 is 0. The fourth-order valence-corrected chi connectivity index (χ4v) is 4.05. The number of fused-ring (bicyclic) bond motifs is 1. The van der Waals surface area contributed by atoms with E-state index in [-0.39, 0.29) is 36.0 Å². The molecule has 1 aromatic carbocycles. The topological polar surface area (TPSA) is 68.7 Å². The van der Waals surface area contributed by atoms with E-state index in [1.807, 2.05) is 0 Å². The van der Waals surface area contributed by atoms with Crippen LogP contribution in [0.3, 0.4) is 0 Å². The maximum absolute atomic E-state index is 13.2. The minimum atomic E-state index is -0.482. The summed E-state index contributed by atoms with van der Waals surface area (Å²) in [6.07, 6.45) is 4.97. The number of carbonyl (C=O) groups excluding carboxylic acids is 2. The summed E-state index contributed by atoms with van der Waals surface area (Å²) in [4.78, 5) is 31.2. The number of aromatic nitrogens is 1. The number of benzene rings is 1. The van der Waals surface area contributed by atoms with Crippen molar-refractivity contribution in [2.45, 2.75) is 51.3 Å². The Morgan fingerprint density at radius 3 is 2.76 bits per heavy atom. The number of rotatable bonds is 5. The molecule has 2 atom stereocenters. The van der Waals surface area contributed by atoms with Crippen LogP contribution in [0.15, 0.2) is 36.5 Å². The van der Waals surface area contributed by atoms with Crippen molar-refractivity contribution in [3.05, 3.63) is 59.2 Å². The Balaban J connectivity index is 1.53. The number of ether oxygens (including phenoxy) is 2. The molecule has 152 valence electrons. The number of carbonyl (C=O) groups is 2. The standard InChI is InChI=1S/C22H23FN2O4/c1-2-28-22(27)14-11-17-18(24-12-14)13-25(21(17)26)19-5-3-4-6-20(19)29-16-9-7-15(23)8-10-16/h7-12,19-20H,2-6,13H2,1H3. The quantitative estimate of drug-likeness (QED) is 0.718. The molecule has 1 fully saturated rings. The lowest BCUT2D eigenvalue weighted by molar-refractivity contribution is 0.0296. The first-order valence-electron chi connectivity index (χ1n) is 9.96. The molecule has 2 heterocycles. The number of esters is 1. The molecule has 1 saturated carbocycles. The van der Waals surface area contributed by atoms with Crippen LogP contribution in [-0.2, 0) is 11.3 Å². The van der Waals surface area contributed by atoms with Gasteiger partial charge in [0, 0.05) is 6.20 Å². The fourth-order valence-electron chi connectivity index (χ4n) is 4.05. The predicted octanol–water partition coefficient (Wildman–Crippen LogP) is 3.74. The monoisotopic (exact) mass is 398 g/mol. The van der Waals surface area contributed by atoms with E-state index in [9.17, 15) is 14.0 Å². The molecule has 0 bridgehead atoms. The number of pyridine rings is 1. The Kier molecular flexibility index (Phi) is 5.47. The Labute approximate surface area is 168 Å². The molecule has 2 aliphatic rings. The van der Waals surface area contributed by atoms with Gasteiger partial charge >= 0.3 is 5.97 Å². The van der Waals surface area contributed by atoms with Crippen molar-refractivity contribution in [3.63, 3.8) is 0 Å². The van der Waals surface area contributed by atoms with Gasteiger partial charge in [0.1, 0.15) is 17.7 Å². The number of amides is 1. The number of hydrogen-bond acceptors (Lipinski definition) is 5. The maximum atomic E-state index is 13.2. The van der Waals surface area contributed by atoms with Gasteiger partial charge in [-0.3, -0.25) is 9.78 Å². The van der Waals surface area contributed by atoms with E-state index >= 15 is 0 Å². The van der Waals surface area contributed by atoms with Gasteiger partial charge in [-0.15, -0.1) is 0 Å². The van der Waals surface area contributed by atoms with E-state index in [2.05, 4.69) is 4.98 Å². The molecular formula is C22H23FN2O4. The molecule has 29 heavy (non-hydrogen) atoms. The Morgan fingerprint density at radius 1 is 1.24 bits per heavy atom. The van der Waals surface area contributed by atoms with Crippen LogP contribution in [0.2, 0.25) is 0 Å². The van der Waals surface area contributed by atoms with Crippen molar-refractivity contribution >= 4 is 11.9 Å². The highest BCUT2D eigenvalue weighted by Crippen LogP contribution is 2.33. The summed E-state index contributed by atoms with van der Waals surface area (Å²) in [5.74, 6) is -0.344. The SMILES string of the molecule is CCOC(=O)c1cnc2c(c1)C(=O)N(C1CCCCC1Oc1ccc(F)cc1)C2. The molecule has 7 heteroatoms. The lowest BCUT2D eigenvalue weighted by Gasteiger charge is -2.37. The smallest absolute Gasteiger partial charge is 0.339 e. The van der Waals surface area contributed by atoms with Crippen LogP contribution in [0.5, 0.6) is 5.75 Å². The molecule has 6 nitrogen and oxygen atoms in total. The predicted molar refractivity (Wildman–Crippen MR) is 103 cm³/mol. The van der Waals surface area contributed by atoms with Crippen LogP contribution >= 0.6 is 0 Å². The molecule has 1 aliphatic carbocycles. The first kappa shape index (κ1) is 19.4. The van der Waals surface area contributed by atoms with E-state index in [1.165, 1.54) is 18.3 Å². The van der Waals surface area contributed by atoms with Gasteiger partial charge in [-0.2, -0.15) is 0 Å². The van der Waals surface area contributed by atoms with Crippen LogP contribution in [0, 0.1) is 5.82 Å². The zero-order valence-electron chi connectivity index (χ0n) is 16.3. The molecule has 1 aromatic heterocycles. The zero-order valence-corrected chi connectivity index (χ0v) is 16.3. The number of hydrogen-bond donors (Lipinski definition) is 0. The van der Waals surface area contributed by atoms with Gasteiger partial charge in [0.2, 0.25) is 0 Å². The summed E-state index contributed by atoms with van der Waals surface area (Å²) in [5.41, 5.74) is 1.39. The third-order valence-corrected chi connectivity index (χ3v) is 5.46. The first-order valence-corrected chi connectivity index (χ1v) is 9.96. The van der Waals surface area contributed by atoms with Crippen LogP contribution in [0.25, 0.3) is 0 Å². The highest BCUT2D eigenvalue weighted by Gasteiger charge is 2.40. The molecular weight excluding hydrogens is 375 g/mol. The molecule has 1 amide bonds. The van der Waals surface area contributed by atoms with Crippen LogP contribution in [-0.4, -0.2) is 40.5 Å². The van der Waals surface area contributed by atoms with Crippen molar-refractivity contribution in [2.75, 3.05) is 6.61 Å².